The average molecular weight is 471 g/mol. The molecule has 5 nitrogen and oxygen atoms in total. The lowest BCUT2D eigenvalue weighted by Gasteiger charge is -2.24. The van der Waals surface area contributed by atoms with Crippen molar-refractivity contribution in [1.29, 1.82) is 0 Å². The van der Waals surface area contributed by atoms with Gasteiger partial charge in [-0.25, -0.2) is 4.99 Å². The molecule has 0 bridgehead atoms. The summed E-state index contributed by atoms with van der Waals surface area (Å²) < 4.78 is 10.7. The van der Waals surface area contributed by atoms with E-state index < -0.39 is 0 Å². The highest BCUT2D eigenvalue weighted by Gasteiger charge is 2.16. The molecular formula is C20H30IN3O2. The van der Waals surface area contributed by atoms with Crippen molar-refractivity contribution in [2.24, 2.45) is 4.99 Å². The summed E-state index contributed by atoms with van der Waals surface area (Å²) in [6, 6.07) is 12.5. The molecule has 0 aliphatic heterocycles. The first-order valence-electron chi connectivity index (χ1n) is 8.61. The van der Waals surface area contributed by atoms with Crippen molar-refractivity contribution in [2.75, 3.05) is 27.3 Å². The molecule has 0 saturated heterocycles. The molecule has 144 valence electrons. The number of rotatable bonds is 7. The molecule has 0 aliphatic carbocycles. The van der Waals surface area contributed by atoms with E-state index in [2.05, 4.69) is 46.8 Å². The SMILES string of the molecule is CCNC(=NCc1ccc2cc(OC)ccc2c1)NCC(C)(C)OC.I. The van der Waals surface area contributed by atoms with Crippen molar-refractivity contribution in [3.05, 3.63) is 42.0 Å². The Bertz CT molecular complexity index is 732. The number of hydrogen-bond acceptors (Lipinski definition) is 3. The minimum absolute atomic E-state index is 0. The molecule has 0 aliphatic rings. The number of benzene rings is 2. The molecular weight excluding hydrogens is 441 g/mol. The van der Waals surface area contributed by atoms with Crippen molar-refractivity contribution in [1.82, 2.24) is 10.6 Å². The van der Waals surface area contributed by atoms with Crippen LogP contribution < -0.4 is 15.4 Å². The van der Waals surface area contributed by atoms with Crippen LogP contribution in [0.4, 0.5) is 0 Å². The maximum atomic E-state index is 5.44. The summed E-state index contributed by atoms with van der Waals surface area (Å²) in [6.45, 7) is 8.26. The van der Waals surface area contributed by atoms with E-state index in [1.165, 1.54) is 16.3 Å². The summed E-state index contributed by atoms with van der Waals surface area (Å²) >= 11 is 0. The lowest BCUT2D eigenvalue weighted by molar-refractivity contribution is 0.0268. The lowest BCUT2D eigenvalue weighted by Crippen LogP contribution is -2.45. The fraction of sp³-hybridized carbons (Fsp3) is 0.450. The molecule has 0 spiro atoms. The Hall–Kier alpha value is -1.54. The van der Waals surface area contributed by atoms with E-state index in [4.69, 9.17) is 9.47 Å². The van der Waals surface area contributed by atoms with Crippen molar-refractivity contribution in [3.63, 3.8) is 0 Å². The van der Waals surface area contributed by atoms with Crippen LogP contribution >= 0.6 is 24.0 Å². The first-order valence-corrected chi connectivity index (χ1v) is 8.61. The second-order valence-corrected chi connectivity index (χ2v) is 6.56. The molecule has 26 heavy (non-hydrogen) atoms. The van der Waals surface area contributed by atoms with Crippen LogP contribution in [0.5, 0.6) is 5.75 Å². The van der Waals surface area contributed by atoms with Gasteiger partial charge in [-0.05, 0) is 55.3 Å². The minimum atomic E-state index is -0.238. The molecule has 6 heteroatoms. The van der Waals surface area contributed by atoms with Crippen LogP contribution in [0.3, 0.4) is 0 Å². The molecule has 0 heterocycles. The van der Waals surface area contributed by atoms with Gasteiger partial charge in [0.05, 0.1) is 19.3 Å². The van der Waals surface area contributed by atoms with E-state index in [1.54, 1.807) is 14.2 Å². The highest BCUT2D eigenvalue weighted by atomic mass is 127. The van der Waals surface area contributed by atoms with E-state index in [9.17, 15) is 0 Å². The van der Waals surface area contributed by atoms with Gasteiger partial charge in [-0.1, -0.05) is 18.2 Å². The Morgan fingerprint density at radius 2 is 1.73 bits per heavy atom. The minimum Gasteiger partial charge on any atom is -0.497 e. The Balaban J connectivity index is 0.00000338. The standard InChI is InChI=1S/C20H29N3O2.HI/c1-6-21-19(23-14-20(2,3)25-5)22-13-15-7-8-17-12-18(24-4)10-9-16(17)11-15;/h7-12H,6,13-14H2,1-5H3,(H2,21,22,23);1H. The number of ether oxygens (including phenoxy) is 2. The highest BCUT2D eigenvalue weighted by Crippen LogP contribution is 2.22. The monoisotopic (exact) mass is 471 g/mol. The third-order valence-electron chi connectivity index (χ3n) is 4.11. The zero-order chi connectivity index (χ0) is 18.3. The second-order valence-electron chi connectivity index (χ2n) is 6.56. The molecule has 0 unspecified atom stereocenters. The average Bonchev–Trinajstić information content (AvgIpc) is 2.63. The fourth-order valence-corrected chi connectivity index (χ4v) is 2.38. The number of nitrogens with one attached hydrogen (secondary N) is 2. The largest absolute Gasteiger partial charge is 0.497 e. The zero-order valence-electron chi connectivity index (χ0n) is 16.3. The summed E-state index contributed by atoms with van der Waals surface area (Å²) in [5.74, 6) is 1.67. The Morgan fingerprint density at radius 1 is 1.04 bits per heavy atom. The number of nitrogens with zero attached hydrogens (tertiary/aromatic N) is 1. The second kappa shape index (κ2) is 10.6. The van der Waals surface area contributed by atoms with Crippen LogP contribution in [0.2, 0.25) is 0 Å². The summed E-state index contributed by atoms with van der Waals surface area (Å²) in [7, 11) is 3.40. The van der Waals surface area contributed by atoms with E-state index in [1.807, 2.05) is 26.0 Å². The maximum Gasteiger partial charge on any atom is 0.191 e. The molecule has 0 fully saturated rings. The molecule has 2 aromatic carbocycles. The molecule has 0 aromatic heterocycles. The molecule has 2 aromatic rings. The van der Waals surface area contributed by atoms with Crippen molar-refractivity contribution in [2.45, 2.75) is 32.9 Å². The van der Waals surface area contributed by atoms with Crippen LogP contribution in [0.1, 0.15) is 26.3 Å². The van der Waals surface area contributed by atoms with Crippen LogP contribution in [-0.2, 0) is 11.3 Å². The van der Waals surface area contributed by atoms with Crippen molar-refractivity contribution >= 4 is 40.7 Å². The van der Waals surface area contributed by atoms with Gasteiger partial charge in [0.25, 0.3) is 0 Å². The van der Waals surface area contributed by atoms with Gasteiger partial charge < -0.3 is 20.1 Å². The first kappa shape index (κ1) is 22.5. The number of halogens is 1. The predicted molar refractivity (Wildman–Crippen MR) is 120 cm³/mol. The quantitative estimate of drug-likeness (QED) is 0.365. The molecule has 0 atom stereocenters. The van der Waals surface area contributed by atoms with Crippen molar-refractivity contribution < 1.29 is 9.47 Å². The van der Waals surface area contributed by atoms with Crippen LogP contribution in [0.15, 0.2) is 41.4 Å². The van der Waals surface area contributed by atoms with Gasteiger partial charge in [0.2, 0.25) is 0 Å². The molecule has 2 N–H and O–H groups in total. The fourth-order valence-electron chi connectivity index (χ4n) is 2.38. The molecule has 0 amide bonds. The normalized spacial score (nSPS) is 11.8. The van der Waals surface area contributed by atoms with Gasteiger partial charge in [-0.3, -0.25) is 0 Å². The Morgan fingerprint density at radius 3 is 2.38 bits per heavy atom. The van der Waals surface area contributed by atoms with Gasteiger partial charge in [0.1, 0.15) is 5.75 Å². The van der Waals surface area contributed by atoms with Crippen molar-refractivity contribution in [3.8, 4) is 5.75 Å². The Labute approximate surface area is 173 Å². The van der Waals surface area contributed by atoms with E-state index in [-0.39, 0.29) is 29.6 Å². The van der Waals surface area contributed by atoms with Gasteiger partial charge in [-0.2, -0.15) is 0 Å². The van der Waals surface area contributed by atoms with E-state index in [0.29, 0.717) is 13.1 Å². The van der Waals surface area contributed by atoms with Gasteiger partial charge in [-0.15, -0.1) is 24.0 Å². The number of aliphatic imine (C=N–C) groups is 1. The topological polar surface area (TPSA) is 54.9 Å². The zero-order valence-corrected chi connectivity index (χ0v) is 18.6. The number of hydrogen-bond donors (Lipinski definition) is 2. The third kappa shape index (κ3) is 6.64. The molecule has 0 saturated carbocycles. The molecule has 2 rings (SSSR count). The van der Waals surface area contributed by atoms with Gasteiger partial charge in [0.15, 0.2) is 5.96 Å². The predicted octanol–water partition coefficient (Wildman–Crippen LogP) is 3.95. The van der Waals surface area contributed by atoms with Gasteiger partial charge >= 0.3 is 0 Å². The summed E-state index contributed by atoms with van der Waals surface area (Å²) in [5.41, 5.74) is 0.930. The smallest absolute Gasteiger partial charge is 0.191 e. The first-order chi connectivity index (χ1) is 12.0. The lowest BCUT2D eigenvalue weighted by atomic mass is 10.1. The summed E-state index contributed by atoms with van der Waals surface area (Å²) in [4.78, 5) is 4.68. The van der Waals surface area contributed by atoms with Crippen LogP contribution in [0, 0.1) is 0 Å². The summed E-state index contributed by atoms with van der Waals surface area (Å²) in [6.07, 6.45) is 0. The van der Waals surface area contributed by atoms with Crippen LogP contribution in [-0.4, -0.2) is 38.9 Å². The summed E-state index contributed by atoms with van der Waals surface area (Å²) in [5, 5.41) is 8.95. The highest BCUT2D eigenvalue weighted by molar-refractivity contribution is 14.0. The molecule has 0 radical (unpaired) electrons. The van der Waals surface area contributed by atoms with E-state index >= 15 is 0 Å². The van der Waals surface area contributed by atoms with E-state index in [0.717, 1.165) is 18.3 Å². The number of fused-ring (bicyclic) bond motifs is 1. The third-order valence-corrected chi connectivity index (χ3v) is 4.11. The Kier molecular flexibility index (Phi) is 9.15. The van der Waals surface area contributed by atoms with Crippen LogP contribution in [0.25, 0.3) is 10.8 Å². The van der Waals surface area contributed by atoms with Gasteiger partial charge in [0, 0.05) is 20.2 Å². The maximum absolute atomic E-state index is 5.44. The number of methoxy groups -OCH3 is 2. The number of guanidine groups is 1.